The Kier molecular flexibility index (Phi) is 2.31. The number of azide groups is 1. The first-order valence-corrected chi connectivity index (χ1v) is 4.54. The van der Waals surface area contributed by atoms with Crippen molar-refractivity contribution in [3.8, 4) is 5.75 Å². The van der Waals surface area contributed by atoms with E-state index < -0.39 is 6.04 Å². The second-order valence-corrected chi connectivity index (χ2v) is 3.40. The highest BCUT2D eigenvalue weighted by molar-refractivity contribution is 6.03. The quantitative estimate of drug-likeness (QED) is 0.398. The van der Waals surface area contributed by atoms with E-state index in [0.717, 1.165) is 5.56 Å². The number of carbonyl (C=O) groups is 1. The van der Waals surface area contributed by atoms with Crippen LogP contribution in [0.1, 0.15) is 15.9 Å². The molecule has 0 saturated carbocycles. The average molecular weight is 203 g/mol. The predicted octanol–water partition coefficient (Wildman–Crippen LogP) is 2.25. The molecule has 1 heterocycles. The Balaban J connectivity index is 2.44. The molecule has 1 unspecified atom stereocenters. The third-order valence-electron chi connectivity index (χ3n) is 2.29. The summed E-state index contributed by atoms with van der Waals surface area (Å²) in [5.41, 5.74) is 9.77. The fourth-order valence-corrected chi connectivity index (χ4v) is 1.53. The van der Waals surface area contributed by atoms with E-state index in [9.17, 15) is 4.79 Å². The highest BCUT2D eigenvalue weighted by atomic mass is 16.5. The van der Waals surface area contributed by atoms with Crippen molar-refractivity contribution in [2.45, 2.75) is 13.0 Å². The zero-order valence-corrected chi connectivity index (χ0v) is 8.17. The molecular weight excluding hydrogens is 194 g/mol. The van der Waals surface area contributed by atoms with Gasteiger partial charge in [0.1, 0.15) is 18.4 Å². The van der Waals surface area contributed by atoms with Crippen LogP contribution in [0.15, 0.2) is 23.3 Å². The van der Waals surface area contributed by atoms with Crippen molar-refractivity contribution in [2.75, 3.05) is 6.61 Å². The fraction of sp³-hybridized carbons (Fsp3) is 0.300. The Bertz CT molecular complexity index is 464. The van der Waals surface area contributed by atoms with E-state index >= 15 is 0 Å². The topological polar surface area (TPSA) is 75.1 Å². The number of ether oxygens (including phenoxy) is 1. The van der Waals surface area contributed by atoms with Gasteiger partial charge >= 0.3 is 0 Å². The van der Waals surface area contributed by atoms with E-state index in [2.05, 4.69) is 10.0 Å². The summed E-state index contributed by atoms with van der Waals surface area (Å²) in [6.45, 7) is 2.02. The van der Waals surface area contributed by atoms with Gasteiger partial charge in [0.05, 0.1) is 5.56 Å². The third kappa shape index (κ3) is 1.65. The van der Waals surface area contributed by atoms with E-state index in [-0.39, 0.29) is 12.4 Å². The molecule has 0 bridgehead atoms. The van der Waals surface area contributed by atoms with Crippen LogP contribution in [0, 0.1) is 6.92 Å². The minimum atomic E-state index is -0.732. The number of benzene rings is 1. The summed E-state index contributed by atoms with van der Waals surface area (Å²) >= 11 is 0. The lowest BCUT2D eigenvalue weighted by molar-refractivity contribution is 0.0900. The van der Waals surface area contributed by atoms with E-state index in [4.69, 9.17) is 10.3 Å². The van der Waals surface area contributed by atoms with Gasteiger partial charge in [-0.1, -0.05) is 16.7 Å². The van der Waals surface area contributed by atoms with Gasteiger partial charge in [0.2, 0.25) is 0 Å². The maximum Gasteiger partial charge on any atom is 0.178 e. The molecule has 0 aliphatic carbocycles. The third-order valence-corrected chi connectivity index (χ3v) is 2.29. The normalized spacial score (nSPS) is 18.7. The molecule has 1 aliphatic rings. The van der Waals surface area contributed by atoms with Crippen molar-refractivity contribution in [3.05, 3.63) is 39.8 Å². The highest BCUT2D eigenvalue weighted by Gasteiger charge is 2.27. The lowest BCUT2D eigenvalue weighted by Crippen LogP contribution is -2.30. The smallest absolute Gasteiger partial charge is 0.178 e. The molecular formula is C10H9N3O2. The molecule has 0 amide bonds. The maximum absolute atomic E-state index is 11.8. The van der Waals surface area contributed by atoms with Gasteiger partial charge in [-0.25, -0.2) is 0 Å². The van der Waals surface area contributed by atoms with E-state index in [1.807, 2.05) is 13.0 Å². The van der Waals surface area contributed by atoms with Crippen LogP contribution >= 0.6 is 0 Å². The summed E-state index contributed by atoms with van der Waals surface area (Å²) in [6.07, 6.45) is 0. The molecule has 1 atom stereocenters. The standard InChI is InChI=1S/C10H9N3O2/c1-6-2-3-9-7(4-6)10(14)8(5-15-9)12-13-11/h2-4,8H,5H2,1H3. The Labute approximate surface area is 86.3 Å². The summed E-state index contributed by atoms with van der Waals surface area (Å²) in [5.74, 6) is 0.396. The molecule has 76 valence electrons. The molecule has 1 aromatic rings. The lowest BCUT2D eigenvalue weighted by atomic mass is 10.00. The number of carbonyl (C=O) groups excluding carboxylic acids is 1. The summed E-state index contributed by atoms with van der Waals surface area (Å²) in [7, 11) is 0. The monoisotopic (exact) mass is 203 g/mol. The second kappa shape index (κ2) is 3.63. The second-order valence-electron chi connectivity index (χ2n) is 3.40. The molecule has 0 spiro atoms. The SMILES string of the molecule is Cc1ccc2c(c1)C(=O)C(N=[N+]=[N-])CO2. The van der Waals surface area contributed by atoms with Crippen molar-refractivity contribution in [3.63, 3.8) is 0 Å². The van der Waals surface area contributed by atoms with Crippen molar-refractivity contribution < 1.29 is 9.53 Å². The van der Waals surface area contributed by atoms with Crippen molar-refractivity contribution in [1.29, 1.82) is 0 Å². The summed E-state index contributed by atoms with van der Waals surface area (Å²) in [6, 6.07) is 4.65. The van der Waals surface area contributed by atoms with E-state index in [0.29, 0.717) is 11.3 Å². The van der Waals surface area contributed by atoms with Gasteiger partial charge in [-0.15, -0.1) is 0 Å². The number of fused-ring (bicyclic) bond motifs is 1. The van der Waals surface area contributed by atoms with Crippen molar-refractivity contribution in [2.24, 2.45) is 5.11 Å². The van der Waals surface area contributed by atoms with Crippen LogP contribution in [0.3, 0.4) is 0 Å². The fourth-order valence-electron chi connectivity index (χ4n) is 1.53. The molecule has 5 heteroatoms. The molecule has 0 radical (unpaired) electrons. The number of nitrogens with zero attached hydrogens (tertiary/aromatic N) is 3. The van der Waals surface area contributed by atoms with Gasteiger partial charge in [-0.2, -0.15) is 0 Å². The zero-order chi connectivity index (χ0) is 10.8. The number of aryl methyl sites for hydroxylation is 1. The first-order chi connectivity index (χ1) is 7.22. The summed E-state index contributed by atoms with van der Waals surface area (Å²) < 4.78 is 5.33. The molecule has 0 aromatic heterocycles. The van der Waals surface area contributed by atoms with Gasteiger partial charge in [0.25, 0.3) is 0 Å². The number of hydrogen-bond donors (Lipinski definition) is 0. The number of ketones is 1. The van der Waals surface area contributed by atoms with Gasteiger partial charge in [-0.05, 0) is 24.6 Å². The van der Waals surface area contributed by atoms with Crippen LogP contribution < -0.4 is 4.74 Å². The van der Waals surface area contributed by atoms with Gasteiger partial charge in [0.15, 0.2) is 5.78 Å². The average Bonchev–Trinajstić information content (AvgIpc) is 2.23. The number of hydrogen-bond acceptors (Lipinski definition) is 3. The van der Waals surface area contributed by atoms with Crippen LogP contribution in [0.2, 0.25) is 0 Å². The first kappa shape index (κ1) is 9.55. The van der Waals surface area contributed by atoms with Crippen molar-refractivity contribution in [1.82, 2.24) is 0 Å². The minimum absolute atomic E-state index is 0.124. The van der Waals surface area contributed by atoms with Crippen LogP contribution in [0.5, 0.6) is 5.75 Å². The molecule has 2 rings (SSSR count). The molecule has 5 nitrogen and oxygen atoms in total. The van der Waals surface area contributed by atoms with E-state index in [1.165, 1.54) is 0 Å². The predicted molar refractivity (Wildman–Crippen MR) is 53.9 cm³/mol. The van der Waals surface area contributed by atoms with Crippen LogP contribution in [0.4, 0.5) is 0 Å². The minimum Gasteiger partial charge on any atom is -0.492 e. The van der Waals surface area contributed by atoms with E-state index in [1.54, 1.807) is 12.1 Å². The van der Waals surface area contributed by atoms with Crippen molar-refractivity contribution >= 4 is 5.78 Å². The summed E-state index contributed by atoms with van der Waals surface area (Å²) in [4.78, 5) is 14.4. The molecule has 1 aliphatic heterocycles. The molecule has 0 saturated heterocycles. The van der Waals surface area contributed by atoms with Crippen LogP contribution in [0.25, 0.3) is 10.4 Å². The molecule has 15 heavy (non-hydrogen) atoms. The number of rotatable bonds is 1. The highest BCUT2D eigenvalue weighted by Crippen LogP contribution is 2.26. The Morgan fingerprint density at radius 3 is 3.13 bits per heavy atom. The summed E-state index contributed by atoms with van der Waals surface area (Å²) in [5, 5.41) is 3.40. The maximum atomic E-state index is 11.8. The van der Waals surface area contributed by atoms with Crippen LogP contribution in [-0.4, -0.2) is 18.4 Å². The van der Waals surface area contributed by atoms with Gasteiger partial charge < -0.3 is 4.74 Å². The van der Waals surface area contributed by atoms with Crippen LogP contribution in [-0.2, 0) is 0 Å². The first-order valence-electron chi connectivity index (χ1n) is 4.54. The Hall–Kier alpha value is -2.00. The van der Waals surface area contributed by atoms with Gasteiger partial charge in [-0.3, -0.25) is 4.79 Å². The largest absolute Gasteiger partial charge is 0.492 e. The zero-order valence-electron chi connectivity index (χ0n) is 8.17. The van der Waals surface area contributed by atoms with Gasteiger partial charge in [0, 0.05) is 4.91 Å². The molecule has 0 fully saturated rings. The molecule has 1 aromatic carbocycles. The number of Topliss-reactive ketones (excluding diaryl/α,β-unsaturated/α-hetero) is 1. The Morgan fingerprint density at radius 1 is 1.60 bits per heavy atom. The molecule has 0 N–H and O–H groups in total. The Morgan fingerprint density at radius 2 is 2.40 bits per heavy atom. The lowest BCUT2D eigenvalue weighted by Gasteiger charge is -2.21.